The highest BCUT2D eigenvalue weighted by Crippen LogP contribution is 2.18. The molecular weight excluding hydrogens is 320 g/mol. The van der Waals surface area contributed by atoms with Crippen LogP contribution >= 0.6 is 0 Å². The van der Waals surface area contributed by atoms with Gasteiger partial charge in [0.25, 0.3) is 15.6 Å². The second-order valence-electron chi connectivity index (χ2n) is 4.68. The van der Waals surface area contributed by atoms with Crippen molar-refractivity contribution in [3.8, 4) is 5.75 Å². The summed E-state index contributed by atoms with van der Waals surface area (Å²) in [7, 11) is -3.77. The van der Waals surface area contributed by atoms with E-state index < -0.39 is 10.0 Å². The molecule has 124 valence electrons. The van der Waals surface area contributed by atoms with Crippen molar-refractivity contribution in [3.05, 3.63) is 52.9 Å². The van der Waals surface area contributed by atoms with Gasteiger partial charge < -0.3 is 14.4 Å². The molecule has 0 saturated heterocycles. The Labute approximate surface area is 134 Å². The number of nitrogens with one attached hydrogen (secondary N) is 1. The molecule has 0 atom stereocenters. The van der Waals surface area contributed by atoms with Gasteiger partial charge in [0.2, 0.25) is 0 Å². The number of sulfonamides is 1. The van der Waals surface area contributed by atoms with E-state index in [1.807, 2.05) is 6.92 Å². The smallest absolute Gasteiger partial charge is 0.261 e. The van der Waals surface area contributed by atoms with Crippen LogP contribution in [-0.2, 0) is 16.6 Å². The van der Waals surface area contributed by atoms with E-state index in [0.717, 1.165) is 0 Å². The minimum absolute atomic E-state index is 0.0841. The molecule has 0 saturated carbocycles. The maximum Gasteiger partial charge on any atom is 0.261 e. The van der Waals surface area contributed by atoms with Gasteiger partial charge in [-0.2, -0.15) is 0 Å². The molecule has 0 spiro atoms. The highest BCUT2D eigenvalue weighted by molar-refractivity contribution is 7.92. The van der Waals surface area contributed by atoms with Gasteiger partial charge in [-0.15, -0.1) is 0 Å². The second kappa shape index (κ2) is 7.30. The number of rotatable bonds is 7. The molecule has 0 aliphatic rings. The molecule has 0 aliphatic carbocycles. The topological polar surface area (TPSA) is 97.6 Å². The summed E-state index contributed by atoms with van der Waals surface area (Å²) >= 11 is 0. The first-order valence-corrected chi connectivity index (χ1v) is 8.51. The van der Waals surface area contributed by atoms with E-state index in [1.54, 1.807) is 12.1 Å². The molecule has 1 heterocycles. The number of aromatic nitrogens is 1. The molecule has 1 aromatic carbocycles. The molecule has 2 N–H and O–H groups in total. The van der Waals surface area contributed by atoms with Crippen LogP contribution < -0.4 is 15.0 Å². The third kappa shape index (κ3) is 4.33. The summed E-state index contributed by atoms with van der Waals surface area (Å²) in [6.07, 6.45) is 1.35. The molecule has 0 fully saturated rings. The molecule has 0 radical (unpaired) electrons. The second-order valence-corrected chi connectivity index (χ2v) is 6.37. The molecule has 2 aromatic rings. The van der Waals surface area contributed by atoms with Crippen LogP contribution in [0.15, 0.2) is 52.3 Å². The first kappa shape index (κ1) is 17.0. The Kier molecular flexibility index (Phi) is 5.41. The molecule has 0 unspecified atom stereocenters. The minimum atomic E-state index is -3.77. The zero-order chi connectivity index (χ0) is 16.9. The van der Waals surface area contributed by atoms with E-state index in [1.165, 1.54) is 35.0 Å². The summed E-state index contributed by atoms with van der Waals surface area (Å²) < 4.78 is 33.6. The van der Waals surface area contributed by atoms with Gasteiger partial charge in [-0.1, -0.05) is 0 Å². The lowest BCUT2D eigenvalue weighted by atomic mass is 10.3. The van der Waals surface area contributed by atoms with Gasteiger partial charge in [0, 0.05) is 18.8 Å². The van der Waals surface area contributed by atoms with Crippen LogP contribution in [0.3, 0.4) is 0 Å². The van der Waals surface area contributed by atoms with Gasteiger partial charge in [0.15, 0.2) is 0 Å². The molecule has 0 bridgehead atoms. The van der Waals surface area contributed by atoms with Gasteiger partial charge in [-0.3, -0.25) is 9.52 Å². The fourth-order valence-electron chi connectivity index (χ4n) is 1.97. The Morgan fingerprint density at radius 3 is 2.48 bits per heavy atom. The van der Waals surface area contributed by atoms with Crippen molar-refractivity contribution in [3.63, 3.8) is 0 Å². The van der Waals surface area contributed by atoms with E-state index >= 15 is 0 Å². The van der Waals surface area contributed by atoms with Gasteiger partial charge in [-0.25, -0.2) is 8.42 Å². The molecular formula is C15H18N2O5S. The lowest BCUT2D eigenvalue weighted by molar-refractivity contribution is 0.274. The molecule has 2 rings (SSSR count). The molecule has 8 heteroatoms. The van der Waals surface area contributed by atoms with Crippen molar-refractivity contribution in [1.82, 2.24) is 4.57 Å². The van der Waals surface area contributed by atoms with Crippen LogP contribution in [0.5, 0.6) is 5.75 Å². The lowest BCUT2D eigenvalue weighted by Gasteiger charge is -2.11. The van der Waals surface area contributed by atoms with E-state index in [2.05, 4.69) is 4.72 Å². The average molecular weight is 338 g/mol. The quantitative estimate of drug-likeness (QED) is 0.786. The summed E-state index contributed by atoms with van der Waals surface area (Å²) in [5.41, 5.74) is -0.0741. The van der Waals surface area contributed by atoms with Crippen molar-refractivity contribution in [2.45, 2.75) is 18.4 Å². The summed E-state index contributed by atoms with van der Waals surface area (Å²) in [5.74, 6) is 0.586. The largest absolute Gasteiger partial charge is 0.494 e. The fraction of sp³-hybridized carbons (Fsp3) is 0.267. The lowest BCUT2D eigenvalue weighted by Crippen LogP contribution is -2.22. The summed E-state index contributed by atoms with van der Waals surface area (Å²) in [6, 6.07) is 8.65. The monoisotopic (exact) mass is 338 g/mol. The molecule has 0 amide bonds. The average Bonchev–Trinajstić information content (AvgIpc) is 2.51. The van der Waals surface area contributed by atoms with Gasteiger partial charge >= 0.3 is 0 Å². The Morgan fingerprint density at radius 2 is 1.87 bits per heavy atom. The first-order chi connectivity index (χ1) is 11.0. The number of anilines is 1. The Balaban J connectivity index is 2.24. The van der Waals surface area contributed by atoms with Gasteiger partial charge in [0.05, 0.1) is 23.8 Å². The fourth-order valence-corrected chi connectivity index (χ4v) is 3.01. The minimum Gasteiger partial charge on any atom is -0.494 e. The van der Waals surface area contributed by atoms with Crippen LogP contribution in [0.2, 0.25) is 0 Å². The highest BCUT2D eigenvalue weighted by atomic mass is 32.2. The number of pyridine rings is 1. The van der Waals surface area contributed by atoms with Crippen LogP contribution in [0.4, 0.5) is 5.69 Å². The number of benzene rings is 1. The molecule has 0 aliphatic heterocycles. The summed E-state index contributed by atoms with van der Waals surface area (Å²) in [6.45, 7) is 2.22. The maximum absolute atomic E-state index is 12.3. The normalized spacial score (nSPS) is 11.2. The zero-order valence-electron chi connectivity index (χ0n) is 12.6. The van der Waals surface area contributed by atoms with Gasteiger partial charge in [0.1, 0.15) is 5.75 Å². The third-order valence-electron chi connectivity index (χ3n) is 3.02. The predicted octanol–water partition coefficient (Wildman–Crippen LogP) is 1.04. The molecule has 23 heavy (non-hydrogen) atoms. The highest BCUT2D eigenvalue weighted by Gasteiger charge is 2.14. The van der Waals surface area contributed by atoms with Crippen LogP contribution in [0, 0.1) is 0 Å². The Hall–Kier alpha value is -2.32. The predicted molar refractivity (Wildman–Crippen MR) is 86.2 cm³/mol. The van der Waals surface area contributed by atoms with Crippen molar-refractivity contribution >= 4 is 15.7 Å². The van der Waals surface area contributed by atoms with Crippen molar-refractivity contribution in [2.75, 3.05) is 17.9 Å². The van der Waals surface area contributed by atoms with Crippen LogP contribution in [-0.4, -0.2) is 31.3 Å². The molecule has 1 aromatic heterocycles. The number of hydrogen-bond donors (Lipinski definition) is 2. The van der Waals surface area contributed by atoms with Gasteiger partial charge in [-0.05, 0) is 37.3 Å². The van der Waals surface area contributed by atoms with Crippen molar-refractivity contribution in [2.24, 2.45) is 0 Å². The number of nitrogens with zero attached hydrogens (tertiary/aromatic N) is 1. The van der Waals surface area contributed by atoms with E-state index in [9.17, 15) is 13.2 Å². The number of hydrogen-bond acceptors (Lipinski definition) is 5. The maximum atomic E-state index is 12.3. The first-order valence-electron chi connectivity index (χ1n) is 7.03. The molecule has 7 nitrogen and oxygen atoms in total. The van der Waals surface area contributed by atoms with Crippen LogP contribution in [0.1, 0.15) is 6.92 Å². The standard InChI is InChI=1S/C15H18N2O5S/c1-2-22-13-4-6-14(7-5-13)23(20,21)16-12-3-8-15(19)17(11-12)9-10-18/h3-8,11,16,18H,2,9-10H2,1H3. The SMILES string of the molecule is CCOc1ccc(S(=O)(=O)Nc2ccc(=O)n(CCO)c2)cc1. The zero-order valence-corrected chi connectivity index (χ0v) is 13.4. The van der Waals surface area contributed by atoms with E-state index in [0.29, 0.717) is 12.4 Å². The summed E-state index contributed by atoms with van der Waals surface area (Å²) in [4.78, 5) is 11.6. The van der Waals surface area contributed by atoms with Crippen molar-refractivity contribution < 1.29 is 18.3 Å². The number of aliphatic hydroxyl groups is 1. The van der Waals surface area contributed by atoms with Crippen LogP contribution in [0.25, 0.3) is 0 Å². The summed E-state index contributed by atoms with van der Waals surface area (Å²) in [5, 5.41) is 8.91. The number of aliphatic hydroxyl groups excluding tert-OH is 1. The number of ether oxygens (including phenoxy) is 1. The Bertz CT molecular complexity index is 813. The third-order valence-corrected chi connectivity index (χ3v) is 4.42. The Morgan fingerprint density at radius 1 is 1.17 bits per heavy atom. The van der Waals surface area contributed by atoms with E-state index in [-0.39, 0.29) is 29.3 Å². The van der Waals surface area contributed by atoms with Crippen molar-refractivity contribution in [1.29, 1.82) is 0 Å². The van der Waals surface area contributed by atoms with E-state index in [4.69, 9.17) is 9.84 Å².